The molecule has 1 aromatic carbocycles. The normalized spacial score (nSPS) is 21.4. The third-order valence-corrected chi connectivity index (χ3v) is 4.98. The van der Waals surface area contributed by atoms with Gasteiger partial charge >= 0.3 is 0 Å². The average molecular weight is 300 g/mol. The Balaban J connectivity index is 2.31. The average Bonchev–Trinajstić information content (AvgIpc) is 2.49. The number of rotatable bonds is 4. The van der Waals surface area contributed by atoms with Gasteiger partial charge in [0.05, 0.1) is 6.10 Å². The van der Waals surface area contributed by atoms with Gasteiger partial charge < -0.3 is 5.11 Å². The van der Waals surface area contributed by atoms with Gasteiger partial charge in [0, 0.05) is 16.1 Å². The summed E-state index contributed by atoms with van der Waals surface area (Å²) in [6.07, 6.45) is 3.56. The minimum atomic E-state index is -0.784. The Kier molecular flexibility index (Phi) is 5.05. The van der Waals surface area contributed by atoms with Gasteiger partial charge in [-0.05, 0) is 57.5 Å². The summed E-state index contributed by atoms with van der Waals surface area (Å²) in [5, 5.41) is 11.2. The second-order valence-corrected chi connectivity index (χ2v) is 6.23. The maximum Gasteiger partial charge on any atom is 0.123 e. The third kappa shape index (κ3) is 3.00. The maximum atomic E-state index is 13.5. The number of hydrogen-bond donors (Lipinski definition) is 1. The Morgan fingerprint density at radius 1 is 1.35 bits per heavy atom. The lowest BCUT2D eigenvalue weighted by Gasteiger charge is -2.46. The van der Waals surface area contributed by atoms with Gasteiger partial charge in [-0.2, -0.15) is 0 Å². The van der Waals surface area contributed by atoms with Crippen molar-refractivity contribution in [2.24, 2.45) is 0 Å². The summed E-state index contributed by atoms with van der Waals surface area (Å²) < 4.78 is 13.5. The van der Waals surface area contributed by atoms with Crippen molar-refractivity contribution < 1.29 is 9.50 Å². The van der Waals surface area contributed by atoms with Crippen LogP contribution in [0.1, 0.15) is 51.2 Å². The van der Waals surface area contributed by atoms with E-state index in [0.717, 1.165) is 32.4 Å². The minimum absolute atomic E-state index is 0.361. The number of aliphatic hydroxyl groups is 1. The first-order valence-electron chi connectivity index (χ1n) is 7.37. The van der Waals surface area contributed by atoms with Crippen molar-refractivity contribution in [1.29, 1.82) is 0 Å². The van der Waals surface area contributed by atoms with Crippen LogP contribution in [0.3, 0.4) is 0 Å². The minimum Gasteiger partial charge on any atom is -0.386 e. The molecule has 0 radical (unpaired) electrons. The molecule has 0 saturated carbocycles. The van der Waals surface area contributed by atoms with E-state index in [0.29, 0.717) is 10.6 Å². The van der Waals surface area contributed by atoms with Crippen LogP contribution in [0.25, 0.3) is 0 Å². The first-order chi connectivity index (χ1) is 9.49. The standard InChI is InChI=1S/C16H23ClFNO/c1-3-16(2,19-9-5-4-6-10-19)15(20)13-11-12(18)7-8-14(13)17/h7-8,11,15,20H,3-6,9-10H2,1-2H3. The third-order valence-electron chi connectivity index (χ3n) is 4.64. The first-order valence-corrected chi connectivity index (χ1v) is 7.75. The van der Waals surface area contributed by atoms with Gasteiger partial charge in [0.1, 0.15) is 5.82 Å². The topological polar surface area (TPSA) is 23.5 Å². The molecule has 1 N–H and O–H groups in total. The van der Waals surface area contributed by atoms with Crippen LogP contribution in [0.5, 0.6) is 0 Å². The van der Waals surface area contributed by atoms with Crippen LogP contribution in [0.15, 0.2) is 18.2 Å². The zero-order chi connectivity index (χ0) is 14.8. The predicted octanol–water partition coefficient (Wildman–Crippen LogP) is 4.17. The zero-order valence-electron chi connectivity index (χ0n) is 12.2. The zero-order valence-corrected chi connectivity index (χ0v) is 13.0. The van der Waals surface area contributed by atoms with E-state index in [1.54, 1.807) is 0 Å². The van der Waals surface area contributed by atoms with Gasteiger partial charge in [0.2, 0.25) is 0 Å². The monoisotopic (exact) mass is 299 g/mol. The van der Waals surface area contributed by atoms with Crippen molar-refractivity contribution in [2.45, 2.75) is 51.2 Å². The molecule has 2 nitrogen and oxygen atoms in total. The predicted molar refractivity (Wildman–Crippen MR) is 80.5 cm³/mol. The van der Waals surface area contributed by atoms with Gasteiger partial charge in [-0.3, -0.25) is 4.90 Å². The van der Waals surface area contributed by atoms with Crippen LogP contribution in [0, 0.1) is 5.82 Å². The summed E-state index contributed by atoms with van der Waals surface area (Å²) in [5.74, 6) is -0.361. The second kappa shape index (κ2) is 6.42. The van der Waals surface area contributed by atoms with Crippen LogP contribution in [-0.4, -0.2) is 28.6 Å². The number of halogens is 2. The number of aliphatic hydroxyl groups excluding tert-OH is 1. The SMILES string of the molecule is CCC(C)(C(O)c1cc(F)ccc1Cl)N1CCCCC1. The van der Waals surface area contributed by atoms with E-state index >= 15 is 0 Å². The fourth-order valence-electron chi connectivity index (χ4n) is 3.05. The summed E-state index contributed by atoms with van der Waals surface area (Å²) in [7, 11) is 0. The largest absolute Gasteiger partial charge is 0.386 e. The Hall–Kier alpha value is -0.640. The summed E-state index contributed by atoms with van der Waals surface area (Å²) in [6, 6.07) is 4.19. The summed E-state index contributed by atoms with van der Waals surface area (Å²) >= 11 is 6.15. The summed E-state index contributed by atoms with van der Waals surface area (Å²) in [4.78, 5) is 2.32. The maximum absolute atomic E-state index is 13.5. The smallest absolute Gasteiger partial charge is 0.123 e. The lowest BCUT2D eigenvalue weighted by Crippen LogP contribution is -2.52. The van der Waals surface area contributed by atoms with E-state index in [1.165, 1.54) is 24.6 Å². The molecule has 0 spiro atoms. The molecule has 0 aromatic heterocycles. The molecule has 0 bridgehead atoms. The van der Waals surface area contributed by atoms with E-state index in [4.69, 9.17) is 11.6 Å². The van der Waals surface area contributed by atoms with E-state index in [9.17, 15) is 9.50 Å². The van der Waals surface area contributed by atoms with Crippen LogP contribution in [0.2, 0.25) is 5.02 Å². The van der Waals surface area contributed by atoms with Gasteiger partial charge in [-0.1, -0.05) is 24.9 Å². The molecule has 0 aliphatic carbocycles. The number of nitrogens with zero attached hydrogens (tertiary/aromatic N) is 1. The van der Waals surface area contributed by atoms with E-state index in [-0.39, 0.29) is 5.82 Å². The van der Waals surface area contributed by atoms with E-state index < -0.39 is 11.6 Å². The Morgan fingerprint density at radius 2 is 2.00 bits per heavy atom. The summed E-state index contributed by atoms with van der Waals surface area (Å²) in [6.45, 7) is 6.07. The Morgan fingerprint density at radius 3 is 2.60 bits per heavy atom. The molecule has 1 aromatic rings. The van der Waals surface area contributed by atoms with Crippen molar-refractivity contribution in [2.75, 3.05) is 13.1 Å². The van der Waals surface area contributed by atoms with Crippen molar-refractivity contribution in [3.8, 4) is 0 Å². The molecule has 1 aliphatic rings. The lowest BCUT2D eigenvalue weighted by molar-refractivity contribution is -0.0353. The first kappa shape index (κ1) is 15.7. The second-order valence-electron chi connectivity index (χ2n) is 5.83. The molecule has 1 fully saturated rings. The summed E-state index contributed by atoms with van der Waals surface area (Å²) in [5.41, 5.74) is 0.0827. The van der Waals surface area contributed by atoms with Crippen molar-refractivity contribution in [3.63, 3.8) is 0 Å². The fourth-order valence-corrected chi connectivity index (χ4v) is 3.27. The van der Waals surface area contributed by atoms with E-state index in [2.05, 4.69) is 11.8 Å². The highest BCUT2D eigenvalue weighted by Gasteiger charge is 2.39. The van der Waals surface area contributed by atoms with Gasteiger partial charge in [-0.15, -0.1) is 0 Å². The molecule has 20 heavy (non-hydrogen) atoms. The number of likely N-dealkylation sites (tertiary alicyclic amines) is 1. The molecular weight excluding hydrogens is 277 g/mol. The highest BCUT2D eigenvalue weighted by Crippen LogP contribution is 2.38. The quantitative estimate of drug-likeness (QED) is 0.902. The molecule has 4 heteroatoms. The van der Waals surface area contributed by atoms with Gasteiger partial charge in [-0.25, -0.2) is 4.39 Å². The molecule has 112 valence electrons. The molecule has 2 atom stereocenters. The molecule has 2 unspecified atom stereocenters. The van der Waals surface area contributed by atoms with Gasteiger partial charge in [0.15, 0.2) is 0 Å². The molecule has 1 saturated heterocycles. The molecule has 1 aliphatic heterocycles. The number of benzene rings is 1. The van der Waals surface area contributed by atoms with Crippen LogP contribution < -0.4 is 0 Å². The fraction of sp³-hybridized carbons (Fsp3) is 0.625. The highest BCUT2D eigenvalue weighted by atomic mass is 35.5. The van der Waals surface area contributed by atoms with E-state index in [1.807, 2.05) is 6.92 Å². The van der Waals surface area contributed by atoms with Crippen LogP contribution in [-0.2, 0) is 0 Å². The molecule has 0 amide bonds. The highest BCUT2D eigenvalue weighted by molar-refractivity contribution is 6.31. The lowest BCUT2D eigenvalue weighted by atomic mass is 9.84. The van der Waals surface area contributed by atoms with Crippen molar-refractivity contribution in [1.82, 2.24) is 4.90 Å². The number of piperidine rings is 1. The van der Waals surface area contributed by atoms with Crippen molar-refractivity contribution >= 4 is 11.6 Å². The molecule has 1 heterocycles. The van der Waals surface area contributed by atoms with Gasteiger partial charge in [0.25, 0.3) is 0 Å². The molecular formula is C16H23ClFNO. The van der Waals surface area contributed by atoms with Crippen molar-refractivity contribution in [3.05, 3.63) is 34.6 Å². The Bertz CT molecular complexity index is 462. The van der Waals surface area contributed by atoms with Crippen LogP contribution in [0.4, 0.5) is 4.39 Å². The Labute approximate surface area is 125 Å². The number of hydrogen-bond acceptors (Lipinski definition) is 2. The van der Waals surface area contributed by atoms with Crippen LogP contribution >= 0.6 is 11.6 Å². The molecule has 2 rings (SSSR count).